The SMILES string of the molecule is CCCCN(c1nc2c(C(=O)O)cccc2o1)[C@H](C)c1ccc(-c2cc(F)ccc2-c2noc(=O)[nH]2)cc1. The van der Waals surface area contributed by atoms with Gasteiger partial charge >= 0.3 is 11.7 Å². The molecule has 194 valence electrons. The van der Waals surface area contributed by atoms with Gasteiger partial charge in [-0.1, -0.05) is 48.8 Å². The van der Waals surface area contributed by atoms with Crippen molar-refractivity contribution in [2.24, 2.45) is 0 Å². The Labute approximate surface area is 216 Å². The van der Waals surface area contributed by atoms with Gasteiger partial charge in [0, 0.05) is 12.1 Å². The number of para-hydroxylation sites is 1. The van der Waals surface area contributed by atoms with Crippen LogP contribution in [0.5, 0.6) is 0 Å². The number of aromatic carboxylic acids is 1. The molecule has 5 rings (SSSR count). The van der Waals surface area contributed by atoms with Crippen LogP contribution in [0.3, 0.4) is 0 Å². The van der Waals surface area contributed by atoms with E-state index < -0.39 is 17.5 Å². The minimum absolute atomic E-state index is 0.0873. The normalized spacial score (nSPS) is 12.1. The van der Waals surface area contributed by atoms with Crippen molar-refractivity contribution in [1.29, 1.82) is 0 Å². The molecule has 0 fully saturated rings. The Kier molecular flexibility index (Phi) is 6.78. The molecule has 5 aromatic rings. The number of nitrogens with zero attached hydrogens (tertiary/aromatic N) is 3. The average molecular weight is 517 g/mol. The Morgan fingerprint density at radius 2 is 1.92 bits per heavy atom. The lowest BCUT2D eigenvalue weighted by atomic mass is 9.96. The monoisotopic (exact) mass is 516 g/mol. The standard InChI is InChI=1S/C28H25FN4O5/c1-3-4-14-33(27-30-24-21(26(34)35)6-5-7-23(24)37-27)16(2)17-8-10-18(11-9-17)22-15-19(29)12-13-20(22)25-31-28(36)38-32-25/h5-13,15-16H,3-4,14H2,1-2H3,(H,34,35)(H,31,32,36)/t16-/m1/s1. The van der Waals surface area contributed by atoms with Gasteiger partial charge in [-0.15, -0.1) is 0 Å². The van der Waals surface area contributed by atoms with E-state index in [0.29, 0.717) is 34.8 Å². The number of aromatic nitrogens is 3. The molecule has 0 saturated heterocycles. The molecule has 0 radical (unpaired) electrons. The predicted molar refractivity (Wildman–Crippen MR) is 140 cm³/mol. The van der Waals surface area contributed by atoms with E-state index in [2.05, 4.69) is 26.6 Å². The van der Waals surface area contributed by atoms with E-state index in [1.54, 1.807) is 18.2 Å². The summed E-state index contributed by atoms with van der Waals surface area (Å²) in [6.07, 6.45) is 1.84. The lowest BCUT2D eigenvalue weighted by Crippen LogP contribution is -2.28. The number of unbranched alkanes of at least 4 members (excludes halogenated alkanes) is 1. The van der Waals surface area contributed by atoms with E-state index >= 15 is 0 Å². The van der Waals surface area contributed by atoms with Crippen molar-refractivity contribution in [2.45, 2.75) is 32.7 Å². The zero-order chi connectivity index (χ0) is 26.8. The minimum Gasteiger partial charge on any atom is -0.478 e. The van der Waals surface area contributed by atoms with Gasteiger partial charge in [0.2, 0.25) is 0 Å². The van der Waals surface area contributed by atoms with Gasteiger partial charge in [-0.05, 0) is 60.4 Å². The first-order valence-electron chi connectivity index (χ1n) is 12.2. The molecule has 0 amide bonds. The second-order valence-corrected chi connectivity index (χ2v) is 8.93. The summed E-state index contributed by atoms with van der Waals surface area (Å²) >= 11 is 0. The molecule has 2 heterocycles. The maximum Gasteiger partial charge on any atom is 0.439 e. The summed E-state index contributed by atoms with van der Waals surface area (Å²) in [7, 11) is 0. The van der Waals surface area contributed by atoms with E-state index in [9.17, 15) is 19.1 Å². The Morgan fingerprint density at radius 3 is 2.61 bits per heavy atom. The number of anilines is 1. The van der Waals surface area contributed by atoms with Crippen molar-refractivity contribution in [2.75, 3.05) is 11.4 Å². The lowest BCUT2D eigenvalue weighted by molar-refractivity contribution is 0.0698. The van der Waals surface area contributed by atoms with Crippen molar-refractivity contribution in [3.8, 4) is 22.5 Å². The number of carboxylic acids is 1. The number of nitrogens with one attached hydrogen (secondary N) is 1. The highest BCUT2D eigenvalue weighted by atomic mass is 19.1. The molecule has 0 spiro atoms. The number of hydrogen-bond donors (Lipinski definition) is 2. The molecule has 2 aromatic heterocycles. The summed E-state index contributed by atoms with van der Waals surface area (Å²) in [6, 6.07) is 16.9. The molecule has 0 bridgehead atoms. The number of benzene rings is 3. The molecule has 38 heavy (non-hydrogen) atoms. The molecule has 3 aromatic carbocycles. The smallest absolute Gasteiger partial charge is 0.439 e. The van der Waals surface area contributed by atoms with Gasteiger partial charge in [0.25, 0.3) is 6.01 Å². The first kappa shape index (κ1) is 24.9. The van der Waals surface area contributed by atoms with Crippen LogP contribution in [0.15, 0.2) is 74.4 Å². The van der Waals surface area contributed by atoms with Crippen LogP contribution >= 0.6 is 0 Å². The van der Waals surface area contributed by atoms with Crippen LogP contribution in [0.1, 0.15) is 48.7 Å². The number of oxazole rings is 1. The zero-order valence-electron chi connectivity index (χ0n) is 20.8. The fraction of sp³-hybridized carbons (Fsp3) is 0.214. The number of carboxylic acid groups (broad SMARTS) is 1. The summed E-state index contributed by atoms with van der Waals surface area (Å²) in [5, 5.41) is 13.3. The zero-order valence-corrected chi connectivity index (χ0v) is 20.8. The van der Waals surface area contributed by atoms with Crippen LogP contribution in [-0.2, 0) is 0 Å². The van der Waals surface area contributed by atoms with Gasteiger partial charge in [-0.3, -0.25) is 9.51 Å². The molecule has 1 atom stereocenters. The van der Waals surface area contributed by atoms with Crippen LogP contribution < -0.4 is 10.7 Å². The van der Waals surface area contributed by atoms with Gasteiger partial charge in [0.1, 0.15) is 11.3 Å². The third-order valence-electron chi connectivity index (χ3n) is 6.49. The minimum atomic E-state index is -1.06. The third kappa shape index (κ3) is 4.80. The van der Waals surface area contributed by atoms with E-state index in [1.165, 1.54) is 18.2 Å². The topological polar surface area (TPSA) is 125 Å². The molecular formula is C28H25FN4O5. The van der Waals surface area contributed by atoms with Gasteiger partial charge in [0.05, 0.1) is 11.6 Å². The highest BCUT2D eigenvalue weighted by molar-refractivity contribution is 6.00. The fourth-order valence-corrected chi connectivity index (χ4v) is 4.44. The van der Waals surface area contributed by atoms with Crippen LogP contribution in [-0.4, -0.2) is 32.7 Å². The summed E-state index contributed by atoms with van der Waals surface area (Å²) in [6.45, 7) is 4.76. The predicted octanol–water partition coefficient (Wildman–Crippen LogP) is 6.04. The molecule has 0 aliphatic heterocycles. The third-order valence-corrected chi connectivity index (χ3v) is 6.49. The highest BCUT2D eigenvalue weighted by Crippen LogP contribution is 2.34. The summed E-state index contributed by atoms with van der Waals surface area (Å²) < 4.78 is 24.8. The van der Waals surface area contributed by atoms with Crippen molar-refractivity contribution < 1.29 is 23.2 Å². The van der Waals surface area contributed by atoms with Gasteiger partial charge in [-0.2, -0.15) is 4.98 Å². The molecule has 0 unspecified atom stereocenters. The molecular weight excluding hydrogens is 491 g/mol. The number of hydrogen-bond acceptors (Lipinski definition) is 7. The summed E-state index contributed by atoms with van der Waals surface area (Å²) in [4.78, 5) is 32.2. The van der Waals surface area contributed by atoms with E-state index in [4.69, 9.17) is 4.42 Å². The quantitative estimate of drug-likeness (QED) is 0.243. The first-order chi connectivity index (χ1) is 18.4. The number of halogens is 1. The molecule has 0 aliphatic carbocycles. The van der Waals surface area contributed by atoms with E-state index in [-0.39, 0.29) is 17.4 Å². The number of fused-ring (bicyclic) bond motifs is 1. The van der Waals surface area contributed by atoms with E-state index in [0.717, 1.165) is 24.0 Å². The van der Waals surface area contributed by atoms with Gasteiger partial charge in [0.15, 0.2) is 11.4 Å². The van der Waals surface area contributed by atoms with Gasteiger partial charge in [-0.25, -0.2) is 14.0 Å². The Balaban J connectivity index is 1.49. The maximum atomic E-state index is 14.2. The fourth-order valence-electron chi connectivity index (χ4n) is 4.44. The Hall–Kier alpha value is -4.73. The maximum absolute atomic E-state index is 14.2. The number of carbonyl (C=O) groups is 1. The molecule has 0 aliphatic rings. The summed E-state index contributed by atoms with van der Waals surface area (Å²) in [5.74, 6) is -1.97. The number of aromatic amines is 1. The highest BCUT2D eigenvalue weighted by Gasteiger charge is 2.23. The van der Waals surface area contributed by atoms with Crippen LogP contribution in [0.4, 0.5) is 10.4 Å². The Morgan fingerprint density at radius 1 is 1.13 bits per heavy atom. The summed E-state index contributed by atoms with van der Waals surface area (Å²) in [5.41, 5.74) is 3.58. The molecule has 0 saturated carbocycles. The van der Waals surface area contributed by atoms with Crippen molar-refractivity contribution >= 4 is 23.1 Å². The second kappa shape index (κ2) is 10.3. The lowest BCUT2D eigenvalue weighted by Gasteiger charge is -2.28. The number of rotatable bonds is 9. The van der Waals surface area contributed by atoms with Crippen LogP contribution in [0.2, 0.25) is 0 Å². The van der Waals surface area contributed by atoms with Crippen LogP contribution in [0.25, 0.3) is 33.6 Å². The van der Waals surface area contributed by atoms with Crippen molar-refractivity contribution in [3.63, 3.8) is 0 Å². The largest absolute Gasteiger partial charge is 0.478 e. The first-order valence-corrected chi connectivity index (χ1v) is 12.2. The molecule has 10 heteroatoms. The number of H-pyrrole nitrogens is 1. The second-order valence-electron chi connectivity index (χ2n) is 8.93. The molecule has 2 N–H and O–H groups in total. The van der Waals surface area contributed by atoms with Crippen LogP contribution in [0, 0.1) is 5.82 Å². The van der Waals surface area contributed by atoms with E-state index in [1.807, 2.05) is 36.1 Å². The molecule has 9 nitrogen and oxygen atoms in total. The van der Waals surface area contributed by atoms with Crippen molar-refractivity contribution in [1.82, 2.24) is 15.1 Å². The van der Waals surface area contributed by atoms with Gasteiger partial charge < -0.3 is 14.4 Å². The average Bonchev–Trinajstić information content (AvgIpc) is 3.54. The van der Waals surface area contributed by atoms with Crippen molar-refractivity contribution in [3.05, 3.63) is 88.2 Å². The Bertz CT molecular complexity index is 1650.